The summed E-state index contributed by atoms with van der Waals surface area (Å²) in [5, 5.41) is 16.8. The van der Waals surface area contributed by atoms with Crippen molar-refractivity contribution in [2.75, 3.05) is 5.32 Å². The smallest absolute Gasteiger partial charge is 0.319 e. The van der Waals surface area contributed by atoms with E-state index in [0.717, 1.165) is 12.1 Å². The van der Waals surface area contributed by atoms with Crippen LogP contribution in [0.25, 0.3) is 0 Å². The number of halogens is 4. The summed E-state index contributed by atoms with van der Waals surface area (Å²) in [6.07, 6.45) is -4.67. The zero-order valence-corrected chi connectivity index (χ0v) is 12.9. The summed E-state index contributed by atoms with van der Waals surface area (Å²) in [7, 11) is 0. The molecule has 0 radical (unpaired) electrons. The van der Waals surface area contributed by atoms with Crippen LogP contribution >= 0.6 is 11.6 Å². The van der Waals surface area contributed by atoms with Crippen LogP contribution in [0.5, 0.6) is 0 Å². The second kappa shape index (κ2) is 6.48. The molecule has 2 aromatic rings. The highest BCUT2D eigenvalue weighted by Gasteiger charge is 2.35. The molecule has 0 aliphatic carbocycles. The third-order valence-corrected chi connectivity index (χ3v) is 3.15. The van der Waals surface area contributed by atoms with Gasteiger partial charge in [-0.1, -0.05) is 11.6 Å². The standard InChI is InChI=1S/C13H10ClF3N4O3/c1-7-4-11(13(15,16)17)20(19-7)6-12(22)18-9-3-2-8(14)5-10(9)21(23)24/h2-5H,6H2,1H3,(H,18,22). The lowest BCUT2D eigenvalue weighted by Crippen LogP contribution is -2.24. The monoisotopic (exact) mass is 362 g/mol. The Morgan fingerprint density at radius 3 is 2.67 bits per heavy atom. The highest BCUT2D eigenvalue weighted by atomic mass is 35.5. The van der Waals surface area contributed by atoms with Crippen LogP contribution in [0.15, 0.2) is 24.3 Å². The van der Waals surface area contributed by atoms with Crippen molar-refractivity contribution >= 4 is 28.9 Å². The second-order valence-corrected chi connectivity index (χ2v) is 5.23. The van der Waals surface area contributed by atoms with Crippen molar-refractivity contribution in [1.29, 1.82) is 0 Å². The highest BCUT2D eigenvalue weighted by Crippen LogP contribution is 2.30. The maximum absolute atomic E-state index is 12.9. The number of aryl methyl sites for hydroxylation is 1. The molecule has 0 bridgehead atoms. The van der Waals surface area contributed by atoms with E-state index in [1.165, 1.54) is 19.1 Å². The van der Waals surface area contributed by atoms with Gasteiger partial charge < -0.3 is 5.32 Å². The molecule has 11 heteroatoms. The predicted octanol–water partition coefficient (Wildman–Crippen LogP) is 3.41. The van der Waals surface area contributed by atoms with Crippen LogP contribution in [0.3, 0.4) is 0 Å². The summed E-state index contributed by atoms with van der Waals surface area (Å²) in [5.74, 6) is -0.894. The van der Waals surface area contributed by atoms with Gasteiger partial charge in [-0.3, -0.25) is 19.6 Å². The first-order valence-corrected chi connectivity index (χ1v) is 6.81. The summed E-state index contributed by atoms with van der Waals surface area (Å²) < 4.78 is 39.1. The fourth-order valence-corrected chi connectivity index (χ4v) is 2.15. The van der Waals surface area contributed by atoms with Crippen molar-refractivity contribution in [2.24, 2.45) is 0 Å². The summed E-state index contributed by atoms with van der Waals surface area (Å²) in [6, 6.07) is 4.33. The first kappa shape index (κ1) is 17.7. The maximum atomic E-state index is 12.9. The van der Waals surface area contributed by atoms with Crippen LogP contribution in [0.2, 0.25) is 5.02 Å². The summed E-state index contributed by atoms with van der Waals surface area (Å²) in [5.41, 5.74) is -1.64. The Labute approximate surface area is 138 Å². The Hall–Kier alpha value is -2.62. The third kappa shape index (κ3) is 4.02. The fraction of sp³-hybridized carbons (Fsp3) is 0.231. The lowest BCUT2D eigenvalue weighted by molar-refractivity contribution is -0.383. The van der Waals surface area contributed by atoms with E-state index in [1.54, 1.807) is 0 Å². The van der Waals surface area contributed by atoms with Gasteiger partial charge in [0.25, 0.3) is 5.69 Å². The van der Waals surface area contributed by atoms with Gasteiger partial charge in [0.1, 0.15) is 17.9 Å². The number of hydrogen-bond acceptors (Lipinski definition) is 4. The Kier molecular flexibility index (Phi) is 4.78. The lowest BCUT2D eigenvalue weighted by atomic mass is 10.2. The minimum absolute atomic E-state index is 0.0850. The number of hydrogen-bond donors (Lipinski definition) is 1. The molecule has 1 aromatic heterocycles. The molecule has 0 unspecified atom stereocenters. The van der Waals surface area contributed by atoms with E-state index < -0.39 is 34.9 Å². The zero-order chi connectivity index (χ0) is 18.1. The Balaban J connectivity index is 2.23. The van der Waals surface area contributed by atoms with Crippen molar-refractivity contribution in [3.05, 3.63) is 50.8 Å². The summed E-state index contributed by atoms with van der Waals surface area (Å²) in [6.45, 7) is 0.607. The minimum Gasteiger partial charge on any atom is -0.319 e. The topological polar surface area (TPSA) is 90.1 Å². The normalized spacial score (nSPS) is 11.4. The Bertz CT molecular complexity index is 804. The number of aromatic nitrogens is 2. The molecule has 24 heavy (non-hydrogen) atoms. The predicted molar refractivity (Wildman–Crippen MR) is 78.7 cm³/mol. The molecule has 1 N–H and O–H groups in total. The van der Waals surface area contributed by atoms with Gasteiger partial charge in [0.2, 0.25) is 5.91 Å². The molecule has 0 saturated heterocycles. The minimum atomic E-state index is -4.67. The van der Waals surface area contributed by atoms with Gasteiger partial charge >= 0.3 is 6.18 Å². The number of carbonyl (C=O) groups excluding carboxylic acids is 1. The number of nitro groups is 1. The first-order chi connectivity index (χ1) is 11.1. The molecule has 7 nitrogen and oxygen atoms in total. The molecule has 0 atom stereocenters. The third-order valence-electron chi connectivity index (χ3n) is 2.92. The number of carbonyl (C=O) groups is 1. The van der Waals surface area contributed by atoms with Crippen molar-refractivity contribution < 1.29 is 22.9 Å². The van der Waals surface area contributed by atoms with Crippen molar-refractivity contribution in [1.82, 2.24) is 9.78 Å². The number of rotatable bonds is 4. The number of alkyl halides is 3. The number of nitrogens with zero attached hydrogens (tertiary/aromatic N) is 3. The number of amides is 1. The zero-order valence-electron chi connectivity index (χ0n) is 12.1. The van der Waals surface area contributed by atoms with E-state index in [2.05, 4.69) is 10.4 Å². The number of nitrogens with one attached hydrogen (secondary N) is 1. The molecule has 0 saturated carbocycles. The quantitative estimate of drug-likeness (QED) is 0.666. The highest BCUT2D eigenvalue weighted by molar-refractivity contribution is 6.31. The van der Waals surface area contributed by atoms with Crippen molar-refractivity contribution in [3.8, 4) is 0 Å². The molecule has 0 fully saturated rings. The Morgan fingerprint density at radius 1 is 1.42 bits per heavy atom. The number of anilines is 1. The van der Waals surface area contributed by atoms with E-state index in [-0.39, 0.29) is 16.4 Å². The van der Waals surface area contributed by atoms with Gasteiger partial charge in [0, 0.05) is 11.1 Å². The fourth-order valence-electron chi connectivity index (χ4n) is 1.98. The molecule has 2 rings (SSSR count). The molecular formula is C13H10ClF3N4O3. The lowest BCUT2D eigenvalue weighted by Gasteiger charge is -2.10. The van der Waals surface area contributed by atoms with Crippen LogP contribution in [-0.2, 0) is 17.5 Å². The maximum Gasteiger partial charge on any atom is 0.433 e. The van der Waals surface area contributed by atoms with Crippen molar-refractivity contribution in [3.63, 3.8) is 0 Å². The average Bonchev–Trinajstić information content (AvgIpc) is 2.81. The van der Waals surface area contributed by atoms with Gasteiger partial charge in [0.15, 0.2) is 0 Å². The van der Waals surface area contributed by atoms with E-state index in [9.17, 15) is 28.1 Å². The molecule has 0 aliphatic heterocycles. The molecule has 0 aliphatic rings. The molecule has 1 aromatic carbocycles. The first-order valence-electron chi connectivity index (χ1n) is 6.43. The van der Waals surface area contributed by atoms with Gasteiger partial charge in [-0.25, -0.2) is 0 Å². The van der Waals surface area contributed by atoms with E-state index in [4.69, 9.17) is 11.6 Å². The van der Waals surface area contributed by atoms with Gasteiger partial charge in [-0.05, 0) is 25.1 Å². The van der Waals surface area contributed by atoms with Gasteiger partial charge in [-0.2, -0.15) is 18.3 Å². The molecular weight excluding hydrogens is 353 g/mol. The van der Waals surface area contributed by atoms with Gasteiger partial charge in [0.05, 0.1) is 10.6 Å². The second-order valence-electron chi connectivity index (χ2n) is 4.79. The van der Waals surface area contributed by atoms with Crippen LogP contribution in [0.4, 0.5) is 24.5 Å². The largest absolute Gasteiger partial charge is 0.433 e. The van der Waals surface area contributed by atoms with Crippen LogP contribution in [0, 0.1) is 17.0 Å². The molecule has 1 amide bonds. The summed E-state index contributed by atoms with van der Waals surface area (Å²) >= 11 is 5.64. The number of nitro benzene ring substituents is 1. The van der Waals surface area contributed by atoms with Crippen LogP contribution in [-0.4, -0.2) is 20.6 Å². The Morgan fingerprint density at radius 2 is 2.08 bits per heavy atom. The molecule has 128 valence electrons. The van der Waals surface area contributed by atoms with E-state index in [0.29, 0.717) is 4.68 Å². The molecule has 0 spiro atoms. The van der Waals surface area contributed by atoms with Crippen LogP contribution in [0.1, 0.15) is 11.4 Å². The van der Waals surface area contributed by atoms with Gasteiger partial charge in [-0.15, -0.1) is 0 Å². The van der Waals surface area contributed by atoms with Crippen LogP contribution < -0.4 is 5.32 Å². The number of benzene rings is 1. The average molecular weight is 363 g/mol. The van der Waals surface area contributed by atoms with E-state index in [1.807, 2.05) is 0 Å². The molecule has 1 heterocycles. The van der Waals surface area contributed by atoms with E-state index >= 15 is 0 Å². The summed E-state index contributed by atoms with van der Waals surface area (Å²) in [4.78, 5) is 22.1. The SMILES string of the molecule is Cc1cc(C(F)(F)F)n(CC(=O)Nc2ccc(Cl)cc2[N+](=O)[O-])n1. The van der Waals surface area contributed by atoms with Crippen molar-refractivity contribution in [2.45, 2.75) is 19.6 Å².